The van der Waals surface area contributed by atoms with Gasteiger partial charge in [-0.05, 0) is 55.7 Å². The number of aliphatic hydroxyl groups is 1. The van der Waals surface area contributed by atoms with Crippen molar-refractivity contribution in [3.63, 3.8) is 0 Å². The van der Waals surface area contributed by atoms with Gasteiger partial charge in [0.25, 0.3) is 0 Å². The number of hydrogen-bond acceptors (Lipinski definition) is 2. The SMILES string of the molecule is CC1(c2[nH]c(C(CCO)C(N)=O)c3c2CCCC3)C=CC=C(Cl)C1. The quantitative estimate of drug-likeness (QED) is 0.764. The molecule has 0 bridgehead atoms. The molecule has 1 amide bonds. The largest absolute Gasteiger partial charge is 0.396 e. The van der Waals surface area contributed by atoms with Crippen LogP contribution in [0.3, 0.4) is 0 Å². The summed E-state index contributed by atoms with van der Waals surface area (Å²) in [5.74, 6) is -0.842. The predicted octanol–water partition coefficient (Wildman–Crippen LogP) is 3.19. The van der Waals surface area contributed by atoms with Crippen molar-refractivity contribution >= 4 is 17.5 Å². The monoisotopic (exact) mass is 348 g/mol. The molecule has 1 aromatic rings. The highest BCUT2D eigenvalue weighted by Gasteiger charge is 2.35. The van der Waals surface area contributed by atoms with Crippen LogP contribution in [0.5, 0.6) is 0 Å². The molecule has 2 aliphatic rings. The molecule has 2 unspecified atom stereocenters. The van der Waals surface area contributed by atoms with Crippen LogP contribution >= 0.6 is 11.6 Å². The summed E-state index contributed by atoms with van der Waals surface area (Å²) in [7, 11) is 0. The fourth-order valence-corrected chi connectivity index (χ4v) is 4.46. The molecule has 2 aliphatic carbocycles. The number of carbonyl (C=O) groups excluding carboxylic acids is 1. The molecule has 2 atom stereocenters. The summed E-state index contributed by atoms with van der Waals surface area (Å²) in [6.45, 7) is 2.12. The van der Waals surface area contributed by atoms with E-state index in [9.17, 15) is 9.90 Å². The Balaban J connectivity index is 2.10. The first-order valence-electron chi connectivity index (χ1n) is 8.64. The average Bonchev–Trinajstić information content (AvgIpc) is 2.92. The number of aliphatic hydroxyl groups excluding tert-OH is 1. The molecule has 0 spiro atoms. The van der Waals surface area contributed by atoms with Crippen LogP contribution in [0.25, 0.3) is 0 Å². The van der Waals surface area contributed by atoms with E-state index >= 15 is 0 Å². The Morgan fingerprint density at radius 2 is 2.12 bits per heavy atom. The van der Waals surface area contributed by atoms with Gasteiger partial charge in [0.15, 0.2) is 0 Å². The van der Waals surface area contributed by atoms with Gasteiger partial charge in [-0.2, -0.15) is 0 Å². The van der Waals surface area contributed by atoms with Crippen LogP contribution in [0.2, 0.25) is 0 Å². The van der Waals surface area contributed by atoms with Crippen LogP contribution in [0.4, 0.5) is 0 Å². The van der Waals surface area contributed by atoms with Gasteiger partial charge in [0.1, 0.15) is 0 Å². The standard InChI is InChI=1S/C19H25ClN2O2/c1-19(9-4-5-12(20)11-19)17-14-7-3-2-6-13(14)16(22-17)15(8-10-23)18(21)24/h4-5,9,15,22-23H,2-3,6-8,10-11H2,1H3,(H2,21,24). The van der Waals surface area contributed by atoms with E-state index in [1.807, 2.05) is 12.2 Å². The van der Waals surface area contributed by atoms with E-state index in [2.05, 4.69) is 18.0 Å². The minimum atomic E-state index is -0.460. The zero-order valence-electron chi connectivity index (χ0n) is 14.1. The van der Waals surface area contributed by atoms with Gasteiger partial charge in [0.2, 0.25) is 5.91 Å². The summed E-state index contributed by atoms with van der Waals surface area (Å²) in [6, 6.07) is 0. The Hall–Kier alpha value is -1.52. The molecule has 4 N–H and O–H groups in total. The smallest absolute Gasteiger partial charge is 0.226 e. The second-order valence-corrected chi connectivity index (χ2v) is 7.60. The van der Waals surface area contributed by atoms with Crippen LogP contribution in [-0.4, -0.2) is 22.6 Å². The number of carbonyl (C=O) groups is 1. The van der Waals surface area contributed by atoms with Crippen molar-refractivity contribution in [2.24, 2.45) is 5.73 Å². The summed E-state index contributed by atoms with van der Waals surface area (Å²) in [5.41, 5.74) is 10.0. The highest BCUT2D eigenvalue weighted by atomic mass is 35.5. The van der Waals surface area contributed by atoms with Crippen molar-refractivity contribution in [1.29, 1.82) is 0 Å². The van der Waals surface area contributed by atoms with Gasteiger partial charge >= 0.3 is 0 Å². The van der Waals surface area contributed by atoms with E-state index in [1.54, 1.807) is 0 Å². The number of nitrogens with one attached hydrogen (secondary N) is 1. The molecular formula is C19H25ClN2O2. The molecule has 130 valence electrons. The summed E-state index contributed by atoms with van der Waals surface area (Å²) in [5, 5.41) is 10.2. The molecule has 0 fully saturated rings. The number of fused-ring (bicyclic) bond motifs is 1. The van der Waals surface area contributed by atoms with Crippen molar-refractivity contribution in [2.75, 3.05) is 6.61 Å². The third-order valence-corrected chi connectivity index (χ3v) is 5.57. The lowest BCUT2D eigenvalue weighted by Crippen LogP contribution is -2.25. The topological polar surface area (TPSA) is 79.1 Å². The maximum absolute atomic E-state index is 11.9. The average molecular weight is 349 g/mol. The van der Waals surface area contributed by atoms with Crippen molar-refractivity contribution in [3.8, 4) is 0 Å². The second kappa shape index (κ2) is 6.77. The molecule has 0 radical (unpaired) electrons. The molecule has 24 heavy (non-hydrogen) atoms. The van der Waals surface area contributed by atoms with Crippen molar-refractivity contribution < 1.29 is 9.90 Å². The number of amides is 1. The number of hydrogen-bond donors (Lipinski definition) is 3. The zero-order valence-corrected chi connectivity index (χ0v) is 14.8. The van der Waals surface area contributed by atoms with Gasteiger partial charge in [-0.15, -0.1) is 0 Å². The maximum Gasteiger partial charge on any atom is 0.226 e. The van der Waals surface area contributed by atoms with E-state index < -0.39 is 5.92 Å². The molecule has 0 aliphatic heterocycles. The molecule has 0 aromatic carbocycles. The number of rotatable bonds is 5. The summed E-state index contributed by atoms with van der Waals surface area (Å²) < 4.78 is 0. The number of aromatic amines is 1. The van der Waals surface area contributed by atoms with E-state index in [0.717, 1.165) is 48.5 Å². The molecule has 3 rings (SSSR count). The Bertz CT molecular complexity index is 704. The maximum atomic E-state index is 11.9. The fourth-order valence-electron chi connectivity index (χ4n) is 4.11. The van der Waals surface area contributed by atoms with Gasteiger partial charge in [0.05, 0.1) is 5.92 Å². The van der Waals surface area contributed by atoms with Crippen molar-refractivity contribution in [2.45, 2.75) is 56.8 Å². The van der Waals surface area contributed by atoms with Gasteiger partial charge in [0, 0.05) is 28.4 Å². The fraction of sp³-hybridized carbons (Fsp3) is 0.526. The molecule has 0 saturated heterocycles. The summed E-state index contributed by atoms with van der Waals surface area (Å²) in [6.07, 6.45) is 11.5. The van der Waals surface area contributed by atoms with Crippen LogP contribution in [-0.2, 0) is 23.1 Å². The minimum absolute atomic E-state index is 0.0531. The van der Waals surface area contributed by atoms with Crippen LogP contribution in [0.15, 0.2) is 23.3 Å². The van der Waals surface area contributed by atoms with Crippen molar-refractivity contribution in [3.05, 3.63) is 45.8 Å². The first kappa shape index (κ1) is 17.3. The zero-order chi connectivity index (χ0) is 17.3. The highest BCUT2D eigenvalue weighted by molar-refractivity contribution is 6.29. The number of nitrogens with two attached hydrogens (primary N) is 1. The van der Waals surface area contributed by atoms with Gasteiger partial charge in [-0.25, -0.2) is 0 Å². The highest BCUT2D eigenvalue weighted by Crippen LogP contribution is 2.42. The molecule has 5 heteroatoms. The molecular weight excluding hydrogens is 324 g/mol. The van der Waals surface area contributed by atoms with Crippen molar-refractivity contribution in [1.82, 2.24) is 4.98 Å². The Labute approximate surface area is 147 Å². The van der Waals surface area contributed by atoms with Gasteiger partial charge < -0.3 is 15.8 Å². The van der Waals surface area contributed by atoms with E-state index in [1.165, 1.54) is 11.1 Å². The number of H-pyrrole nitrogens is 1. The third-order valence-electron chi connectivity index (χ3n) is 5.31. The number of halogens is 1. The molecule has 1 heterocycles. The Morgan fingerprint density at radius 1 is 1.42 bits per heavy atom. The van der Waals surface area contributed by atoms with E-state index in [0.29, 0.717) is 6.42 Å². The Kier molecular flexibility index (Phi) is 4.88. The lowest BCUT2D eigenvalue weighted by atomic mass is 9.76. The lowest BCUT2D eigenvalue weighted by molar-refractivity contribution is -0.119. The number of aromatic nitrogens is 1. The third kappa shape index (κ3) is 3.05. The summed E-state index contributed by atoms with van der Waals surface area (Å²) in [4.78, 5) is 15.5. The number of allylic oxidation sites excluding steroid dienone is 4. The lowest BCUT2D eigenvalue weighted by Gasteiger charge is -2.29. The number of primary amides is 1. The van der Waals surface area contributed by atoms with Crippen LogP contribution < -0.4 is 5.73 Å². The second-order valence-electron chi connectivity index (χ2n) is 7.11. The van der Waals surface area contributed by atoms with E-state index in [4.69, 9.17) is 17.3 Å². The molecule has 0 saturated carbocycles. The van der Waals surface area contributed by atoms with E-state index in [-0.39, 0.29) is 17.9 Å². The van der Waals surface area contributed by atoms with Crippen LogP contribution in [0, 0.1) is 0 Å². The van der Waals surface area contributed by atoms with Crippen LogP contribution in [0.1, 0.15) is 61.0 Å². The first-order valence-corrected chi connectivity index (χ1v) is 9.02. The van der Waals surface area contributed by atoms with Gasteiger partial charge in [-0.3, -0.25) is 4.79 Å². The normalized spacial score (nSPS) is 24.4. The summed E-state index contributed by atoms with van der Waals surface area (Å²) >= 11 is 6.29. The predicted molar refractivity (Wildman–Crippen MR) is 96.1 cm³/mol. The molecule has 4 nitrogen and oxygen atoms in total. The minimum Gasteiger partial charge on any atom is -0.396 e. The first-order chi connectivity index (χ1) is 11.5. The van der Waals surface area contributed by atoms with Gasteiger partial charge in [-0.1, -0.05) is 30.7 Å². The Morgan fingerprint density at radius 3 is 2.75 bits per heavy atom. The molecule has 1 aromatic heterocycles.